The highest BCUT2D eigenvalue weighted by Crippen LogP contribution is 2.34. The van der Waals surface area contributed by atoms with Crippen LogP contribution in [0.2, 0.25) is 0 Å². The van der Waals surface area contributed by atoms with Gasteiger partial charge < -0.3 is 14.5 Å². The summed E-state index contributed by atoms with van der Waals surface area (Å²) in [5.41, 5.74) is 0.0245. The molecule has 150 valence electrons. The van der Waals surface area contributed by atoms with Gasteiger partial charge in [0, 0.05) is 11.6 Å². The van der Waals surface area contributed by atoms with E-state index in [0.29, 0.717) is 17.7 Å². The van der Waals surface area contributed by atoms with Gasteiger partial charge in [-0.05, 0) is 37.3 Å². The van der Waals surface area contributed by atoms with Gasteiger partial charge in [0.05, 0.1) is 17.3 Å². The van der Waals surface area contributed by atoms with Gasteiger partial charge in [0.2, 0.25) is 21.9 Å². The smallest absolute Gasteiger partial charge is 0.229 e. The van der Waals surface area contributed by atoms with Gasteiger partial charge in [-0.2, -0.15) is 0 Å². The van der Waals surface area contributed by atoms with Crippen molar-refractivity contribution in [3.05, 3.63) is 58.4 Å². The molecule has 1 heterocycles. The van der Waals surface area contributed by atoms with Gasteiger partial charge in [-0.3, -0.25) is 19.1 Å². The summed E-state index contributed by atoms with van der Waals surface area (Å²) < 4.78 is 36.8. The molecule has 1 amide bonds. The molecule has 0 fully saturated rings. The van der Waals surface area contributed by atoms with Gasteiger partial charge in [0.15, 0.2) is 11.5 Å². The summed E-state index contributed by atoms with van der Waals surface area (Å²) in [4.78, 5) is 34.6. The number of sulfonamides is 1. The fourth-order valence-electron chi connectivity index (χ4n) is 2.57. The normalized spacial score (nSPS) is 11.1. The summed E-state index contributed by atoms with van der Waals surface area (Å²) in [6.07, 6.45) is 2.37. The summed E-state index contributed by atoms with van der Waals surface area (Å²) in [6.45, 7) is 1.43. The number of hydrogen-bond acceptors (Lipinski definition) is 7. The number of ether oxygens (including phenoxy) is 1. The van der Waals surface area contributed by atoms with Crippen LogP contribution in [-0.2, 0) is 14.8 Å². The van der Waals surface area contributed by atoms with Gasteiger partial charge in [0.1, 0.15) is 23.3 Å². The number of rotatable bonds is 7. The Morgan fingerprint density at radius 3 is 2.41 bits per heavy atom. The third-order valence-electron chi connectivity index (χ3n) is 3.87. The van der Waals surface area contributed by atoms with E-state index in [1.54, 1.807) is 12.1 Å². The van der Waals surface area contributed by atoms with Gasteiger partial charge in [-0.1, -0.05) is 0 Å². The second-order valence-corrected chi connectivity index (χ2v) is 7.89. The van der Waals surface area contributed by atoms with E-state index < -0.39 is 15.5 Å². The number of anilines is 2. The number of carbonyl (C=O) groups is 2. The standard InChI is InChI=1S/C19H16N2O7S/c1-11(23)12-3-5-13(6-4-12)28-18-7-14-17(8-15(18)21-29(2,25)26)27-9-16(19(14)24)20-10-22/h3-10,21H,1-2H3,(H,20,22). The van der Waals surface area contributed by atoms with E-state index in [1.165, 1.54) is 31.2 Å². The van der Waals surface area contributed by atoms with E-state index >= 15 is 0 Å². The molecule has 29 heavy (non-hydrogen) atoms. The fraction of sp³-hybridized carbons (Fsp3) is 0.105. The molecule has 0 aliphatic rings. The van der Waals surface area contributed by atoms with Crippen molar-refractivity contribution >= 4 is 44.6 Å². The van der Waals surface area contributed by atoms with Crippen LogP contribution in [0.25, 0.3) is 11.0 Å². The van der Waals surface area contributed by atoms with E-state index in [1.807, 2.05) is 0 Å². The van der Waals surface area contributed by atoms with Crippen molar-refractivity contribution in [3.63, 3.8) is 0 Å². The molecule has 1 aromatic heterocycles. The van der Waals surface area contributed by atoms with Crippen LogP contribution in [0.5, 0.6) is 11.5 Å². The molecule has 2 aromatic carbocycles. The lowest BCUT2D eigenvalue weighted by molar-refractivity contribution is -0.105. The Balaban J connectivity index is 2.13. The highest BCUT2D eigenvalue weighted by molar-refractivity contribution is 7.92. The molecule has 2 N–H and O–H groups in total. The number of carbonyl (C=O) groups excluding carboxylic acids is 2. The van der Waals surface area contributed by atoms with E-state index in [4.69, 9.17) is 9.15 Å². The van der Waals surface area contributed by atoms with Crippen LogP contribution in [0.3, 0.4) is 0 Å². The molecule has 0 saturated heterocycles. The maximum Gasteiger partial charge on any atom is 0.229 e. The first-order valence-electron chi connectivity index (χ1n) is 8.24. The lowest BCUT2D eigenvalue weighted by Crippen LogP contribution is -2.12. The zero-order valence-electron chi connectivity index (χ0n) is 15.4. The van der Waals surface area contributed by atoms with E-state index in [9.17, 15) is 22.8 Å². The minimum Gasteiger partial charge on any atom is -0.462 e. The zero-order valence-corrected chi connectivity index (χ0v) is 16.2. The van der Waals surface area contributed by atoms with Gasteiger partial charge in [0.25, 0.3) is 0 Å². The molecular formula is C19H16N2O7S. The van der Waals surface area contributed by atoms with E-state index in [0.717, 1.165) is 12.5 Å². The Bertz CT molecular complexity index is 1260. The van der Waals surface area contributed by atoms with Crippen LogP contribution >= 0.6 is 0 Å². The molecule has 0 aliphatic carbocycles. The largest absolute Gasteiger partial charge is 0.462 e. The third-order valence-corrected chi connectivity index (χ3v) is 4.46. The molecule has 0 radical (unpaired) electrons. The maximum atomic E-state index is 12.5. The van der Waals surface area contributed by atoms with Crippen LogP contribution < -0.4 is 20.2 Å². The van der Waals surface area contributed by atoms with E-state index in [2.05, 4.69) is 10.0 Å². The Hall–Kier alpha value is -3.66. The predicted octanol–water partition coefficient (Wildman–Crippen LogP) is 2.73. The Labute approximate surface area is 165 Å². The van der Waals surface area contributed by atoms with Crippen LogP contribution in [0, 0.1) is 0 Å². The van der Waals surface area contributed by atoms with Crippen molar-refractivity contribution in [2.45, 2.75) is 6.92 Å². The first-order valence-corrected chi connectivity index (χ1v) is 10.1. The quantitative estimate of drug-likeness (QED) is 0.447. The average Bonchev–Trinajstić information content (AvgIpc) is 2.64. The number of Topliss-reactive ketones (excluding diaryl/α,β-unsaturated/α-hetero) is 1. The summed E-state index contributed by atoms with van der Waals surface area (Å²) in [5.74, 6) is 0.237. The lowest BCUT2D eigenvalue weighted by atomic mass is 10.1. The van der Waals surface area contributed by atoms with Crippen LogP contribution in [-0.4, -0.2) is 26.9 Å². The number of benzene rings is 2. The first-order chi connectivity index (χ1) is 13.7. The molecule has 0 saturated carbocycles. The van der Waals surface area contributed by atoms with Gasteiger partial charge >= 0.3 is 0 Å². The van der Waals surface area contributed by atoms with E-state index in [-0.39, 0.29) is 33.9 Å². The molecular weight excluding hydrogens is 400 g/mol. The van der Waals surface area contributed by atoms with Crippen molar-refractivity contribution < 1.29 is 27.2 Å². The Morgan fingerprint density at radius 2 is 1.83 bits per heavy atom. The second kappa shape index (κ2) is 7.76. The molecule has 3 aromatic rings. The number of amides is 1. The van der Waals surface area contributed by atoms with Gasteiger partial charge in [-0.15, -0.1) is 0 Å². The van der Waals surface area contributed by atoms with Crippen molar-refractivity contribution in [1.29, 1.82) is 0 Å². The number of nitrogens with one attached hydrogen (secondary N) is 2. The van der Waals surface area contributed by atoms with Crippen molar-refractivity contribution in [1.82, 2.24) is 0 Å². The number of ketones is 1. The molecule has 10 heteroatoms. The number of fused-ring (bicyclic) bond motifs is 1. The highest BCUT2D eigenvalue weighted by atomic mass is 32.2. The molecule has 3 rings (SSSR count). The molecule has 0 spiro atoms. The molecule has 0 aliphatic heterocycles. The highest BCUT2D eigenvalue weighted by Gasteiger charge is 2.16. The maximum absolute atomic E-state index is 12.5. The minimum absolute atomic E-state index is 0.0362. The summed E-state index contributed by atoms with van der Waals surface area (Å²) in [7, 11) is -3.66. The summed E-state index contributed by atoms with van der Waals surface area (Å²) in [6, 6.07) is 8.81. The molecule has 0 bridgehead atoms. The topological polar surface area (TPSA) is 132 Å². The third kappa shape index (κ3) is 4.61. The zero-order chi connectivity index (χ0) is 21.2. The second-order valence-electron chi connectivity index (χ2n) is 6.14. The van der Waals surface area contributed by atoms with Crippen molar-refractivity contribution in [3.8, 4) is 11.5 Å². The Kier molecular flexibility index (Phi) is 5.37. The fourth-order valence-corrected chi connectivity index (χ4v) is 3.13. The molecule has 0 atom stereocenters. The SMILES string of the molecule is CC(=O)c1ccc(Oc2cc3c(=O)c(NC=O)coc3cc2NS(C)(=O)=O)cc1. The summed E-state index contributed by atoms with van der Waals surface area (Å²) >= 11 is 0. The molecule has 0 unspecified atom stereocenters. The Morgan fingerprint density at radius 1 is 1.14 bits per heavy atom. The van der Waals surface area contributed by atoms with Crippen LogP contribution in [0.4, 0.5) is 11.4 Å². The van der Waals surface area contributed by atoms with Crippen molar-refractivity contribution in [2.75, 3.05) is 16.3 Å². The summed E-state index contributed by atoms with van der Waals surface area (Å²) in [5, 5.41) is 2.31. The number of hydrogen-bond donors (Lipinski definition) is 2. The minimum atomic E-state index is -3.66. The average molecular weight is 416 g/mol. The first kappa shape index (κ1) is 20.1. The van der Waals surface area contributed by atoms with Gasteiger partial charge in [-0.25, -0.2) is 8.42 Å². The van der Waals surface area contributed by atoms with Crippen LogP contribution in [0.15, 0.2) is 51.9 Å². The predicted molar refractivity (Wildman–Crippen MR) is 107 cm³/mol. The van der Waals surface area contributed by atoms with Crippen LogP contribution in [0.1, 0.15) is 17.3 Å². The molecule has 9 nitrogen and oxygen atoms in total. The van der Waals surface area contributed by atoms with Crippen molar-refractivity contribution in [2.24, 2.45) is 0 Å². The monoisotopic (exact) mass is 416 g/mol. The lowest BCUT2D eigenvalue weighted by Gasteiger charge is -2.13.